The van der Waals surface area contributed by atoms with E-state index in [9.17, 15) is 5.11 Å². The number of hydrogen-bond acceptors (Lipinski definition) is 4. The number of fused-ring (bicyclic) bond motifs is 1. The summed E-state index contributed by atoms with van der Waals surface area (Å²) in [5.74, 6) is 0.732. The first kappa shape index (κ1) is 8.85. The van der Waals surface area contributed by atoms with E-state index in [2.05, 4.69) is 0 Å². The van der Waals surface area contributed by atoms with Crippen molar-refractivity contribution in [2.24, 2.45) is 0 Å². The number of benzene rings is 1. The third-order valence-electron chi connectivity index (χ3n) is 1.97. The Balaban J connectivity index is 2.85. The fraction of sp³-hybridized carbons (Fsp3) is 0.100. The van der Waals surface area contributed by atoms with Crippen LogP contribution in [-0.2, 0) is 0 Å². The first-order valence-corrected chi connectivity index (χ1v) is 4.78. The first-order chi connectivity index (χ1) is 6.77. The molecule has 0 spiro atoms. The molecule has 2 rings (SSSR count). The molecule has 0 saturated heterocycles. The van der Waals surface area contributed by atoms with Gasteiger partial charge in [0, 0.05) is 5.39 Å². The van der Waals surface area contributed by atoms with E-state index < -0.39 is 0 Å². The topological polar surface area (TPSA) is 53.2 Å². The molecule has 2 aromatic rings. The highest BCUT2D eigenvalue weighted by atomic mass is 32.1. The van der Waals surface area contributed by atoms with E-state index in [0.29, 0.717) is 16.0 Å². The fourth-order valence-electron chi connectivity index (χ4n) is 1.32. The molecule has 0 saturated carbocycles. The number of aromatic hydroxyl groups is 1. The van der Waals surface area contributed by atoms with Gasteiger partial charge in [0.1, 0.15) is 16.7 Å². The molecule has 0 aliphatic carbocycles. The van der Waals surface area contributed by atoms with E-state index >= 15 is 0 Å². The van der Waals surface area contributed by atoms with Crippen molar-refractivity contribution in [1.82, 2.24) is 0 Å². The third kappa shape index (κ3) is 1.10. The fourth-order valence-corrected chi connectivity index (χ4v) is 2.30. The monoisotopic (exact) mass is 205 g/mol. The number of ether oxygens (including phenoxy) is 1. The van der Waals surface area contributed by atoms with Crippen LogP contribution in [0.1, 0.15) is 4.88 Å². The van der Waals surface area contributed by atoms with Gasteiger partial charge in [-0.15, -0.1) is 11.3 Å². The van der Waals surface area contributed by atoms with Crippen LogP contribution in [0.5, 0.6) is 11.5 Å². The summed E-state index contributed by atoms with van der Waals surface area (Å²) in [7, 11) is 1.57. The largest absolute Gasteiger partial charge is 0.505 e. The summed E-state index contributed by atoms with van der Waals surface area (Å²) in [4.78, 5) is 0.324. The van der Waals surface area contributed by atoms with Crippen molar-refractivity contribution < 1.29 is 9.84 Å². The summed E-state index contributed by atoms with van der Waals surface area (Å²) in [6.45, 7) is 0. The zero-order valence-electron chi connectivity index (χ0n) is 7.44. The van der Waals surface area contributed by atoms with E-state index in [1.54, 1.807) is 25.3 Å². The number of methoxy groups -OCH3 is 1. The summed E-state index contributed by atoms with van der Waals surface area (Å²) in [6, 6.07) is 7.31. The standard InChI is InChI=1S/C10H7NO2S/c1-13-7-4-2-3-6-9(12)8(5-11)14-10(6)7/h2-4,12H,1H3. The molecule has 1 heterocycles. The van der Waals surface area contributed by atoms with Crippen molar-refractivity contribution in [2.45, 2.75) is 0 Å². The molecule has 0 unspecified atom stereocenters. The van der Waals surface area contributed by atoms with Crippen LogP contribution < -0.4 is 4.74 Å². The molecule has 14 heavy (non-hydrogen) atoms. The Morgan fingerprint density at radius 1 is 1.50 bits per heavy atom. The Kier molecular flexibility index (Phi) is 2.02. The van der Waals surface area contributed by atoms with Crippen LogP contribution in [0, 0.1) is 11.3 Å². The second-order valence-corrected chi connectivity index (χ2v) is 3.75. The van der Waals surface area contributed by atoms with Crippen molar-refractivity contribution >= 4 is 21.4 Å². The molecule has 0 atom stereocenters. The van der Waals surface area contributed by atoms with Crippen molar-refractivity contribution in [3.05, 3.63) is 23.1 Å². The second kappa shape index (κ2) is 3.20. The van der Waals surface area contributed by atoms with E-state index in [1.165, 1.54) is 11.3 Å². The van der Waals surface area contributed by atoms with Gasteiger partial charge in [-0.25, -0.2) is 0 Å². The molecule has 0 bridgehead atoms. The van der Waals surface area contributed by atoms with Crippen molar-refractivity contribution in [3.63, 3.8) is 0 Å². The molecule has 1 aromatic carbocycles. The highest BCUT2D eigenvalue weighted by Gasteiger charge is 2.13. The Labute approximate surface area is 84.8 Å². The van der Waals surface area contributed by atoms with E-state index in [4.69, 9.17) is 10.00 Å². The van der Waals surface area contributed by atoms with Gasteiger partial charge in [0.2, 0.25) is 0 Å². The number of thiophene rings is 1. The maximum absolute atomic E-state index is 9.64. The molecule has 1 aromatic heterocycles. The minimum atomic E-state index is 0.0476. The average molecular weight is 205 g/mol. The number of nitriles is 1. The van der Waals surface area contributed by atoms with Gasteiger partial charge in [0.25, 0.3) is 0 Å². The second-order valence-electron chi connectivity index (χ2n) is 2.73. The van der Waals surface area contributed by atoms with Gasteiger partial charge in [-0.05, 0) is 12.1 Å². The van der Waals surface area contributed by atoms with Crippen LogP contribution in [0.2, 0.25) is 0 Å². The molecule has 0 amide bonds. The van der Waals surface area contributed by atoms with Crippen molar-refractivity contribution in [3.8, 4) is 17.6 Å². The lowest BCUT2D eigenvalue weighted by molar-refractivity contribution is 0.420. The molecule has 0 radical (unpaired) electrons. The molecular weight excluding hydrogens is 198 g/mol. The third-order valence-corrected chi connectivity index (χ3v) is 3.09. The summed E-state index contributed by atoms with van der Waals surface area (Å²) in [6.07, 6.45) is 0. The Morgan fingerprint density at radius 2 is 2.29 bits per heavy atom. The lowest BCUT2D eigenvalue weighted by Gasteiger charge is -1.99. The highest BCUT2D eigenvalue weighted by molar-refractivity contribution is 7.20. The summed E-state index contributed by atoms with van der Waals surface area (Å²) < 4.78 is 5.94. The number of hydrogen-bond donors (Lipinski definition) is 1. The van der Waals surface area contributed by atoms with Crippen LogP contribution in [0.4, 0.5) is 0 Å². The minimum absolute atomic E-state index is 0.0476. The van der Waals surface area contributed by atoms with Gasteiger partial charge in [-0.1, -0.05) is 6.07 Å². The molecule has 70 valence electrons. The van der Waals surface area contributed by atoms with Gasteiger partial charge >= 0.3 is 0 Å². The molecule has 0 aliphatic heterocycles. The molecule has 0 fully saturated rings. The maximum Gasteiger partial charge on any atom is 0.152 e. The number of rotatable bonds is 1. The molecule has 4 heteroatoms. The predicted octanol–water partition coefficient (Wildman–Crippen LogP) is 2.49. The first-order valence-electron chi connectivity index (χ1n) is 3.96. The van der Waals surface area contributed by atoms with Crippen LogP contribution in [0.3, 0.4) is 0 Å². The zero-order valence-corrected chi connectivity index (χ0v) is 8.26. The van der Waals surface area contributed by atoms with E-state index in [1.807, 2.05) is 6.07 Å². The van der Waals surface area contributed by atoms with Gasteiger partial charge in [-0.2, -0.15) is 5.26 Å². The van der Waals surface area contributed by atoms with E-state index in [0.717, 1.165) is 4.70 Å². The predicted molar refractivity (Wildman–Crippen MR) is 54.8 cm³/mol. The smallest absolute Gasteiger partial charge is 0.152 e. The van der Waals surface area contributed by atoms with E-state index in [-0.39, 0.29) is 5.75 Å². The SMILES string of the molecule is COc1cccc2c(O)c(C#N)sc12. The summed E-state index contributed by atoms with van der Waals surface area (Å²) in [5.41, 5.74) is 0. The minimum Gasteiger partial charge on any atom is -0.505 e. The number of nitrogens with zero attached hydrogens (tertiary/aromatic N) is 1. The van der Waals surface area contributed by atoms with Crippen LogP contribution in [0.15, 0.2) is 18.2 Å². The van der Waals surface area contributed by atoms with Crippen LogP contribution >= 0.6 is 11.3 Å². The maximum atomic E-state index is 9.64. The summed E-state index contributed by atoms with van der Waals surface area (Å²) >= 11 is 1.24. The quantitative estimate of drug-likeness (QED) is 0.778. The Morgan fingerprint density at radius 3 is 2.93 bits per heavy atom. The highest BCUT2D eigenvalue weighted by Crippen LogP contribution is 2.40. The molecular formula is C10H7NO2S. The molecule has 1 N–H and O–H groups in total. The lowest BCUT2D eigenvalue weighted by atomic mass is 10.2. The van der Waals surface area contributed by atoms with Crippen LogP contribution in [-0.4, -0.2) is 12.2 Å². The van der Waals surface area contributed by atoms with Gasteiger partial charge in [0.15, 0.2) is 5.75 Å². The normalized spacial score (nSPS) is 10.0. The van der Waals surface area contributed by atoms with Crippen molar-refractivity contribution in [2.75, 3.05) is 7.11 Å². The Bertz CT molecular complexity index is 525. The summed E-state index contributed by atoms with van der Waals surface area (Å²) in [5, 5.41) is 19.1. The van der Waals surface area contributed by atoms with Crippen molar-refractivity contribution in [1.29, 1.82) is 5.26 Å². The zero-order chi connectivity index (χ0) is 10.1. The van der Waals surface area contributed by atoms with Gasteiger partial charge < -0.3 is 9.84 Å². The van der Waals surface area contributed by atoms with Gasteiger partial charge in [-0.3, -0.25) is 0 Å². The molecule has 3 nitrogen and oxygen atoms in total. The van der Waals surface area contributed by atoms with Gasteiger partial charge in [0.05, 0.1) is 11.8 Å². The average Bonchev–Trinajstić information content (AvgIpc) is 2.55. The van der Waals surface area contributed by atoms with Crippen LogP contribution in [0.25, 0.3) is 10.1 Å². The molecule has 0 aliphatic rings. The lowest BCUT2D eigenvalue weighted by Crippen LogP contribution is -1.80. The Hall–Kier alpha value is -1.73.